The van der Waals surface area contributed by atoms with Crippen molar-refractivity contribution in [3.05, 3.63) is 82.9 Å². The van der Waals surface area contributed by atoms with Gasteiger partial charge in [0.15, 0.2) is 5.78 Å². The highest BCUT2D eigenvalue weighted by atomic mass is 16.1. The van der Waals surface area contributed by atoms with E-state index in [1.54, 1.807) is 6.08 Å². The summed E-state index contributed by atoms with van der Waals surface area (Å²) in [4.78, 5) is 13.0. The second kappa shape index (κ2) is 4.14. The van der Waals surface area contributed by atoms with Crippen molar-refractivity contribution in [3.63, 3.8) is 0 Å². The molecule has 1 saturated carbocycles. The van der Waals surface area contributed by atoms with Gasteiger partial charge in [-0.05, 0) is 46.1 Å². The molecule has 0 spiro atoms. The van der Waals surface area contributed by atoms with Gasteiger partial charge in [0.05, 0.1) is 18.1 Å². The molecule has 122 valence electrons. The lowest BCUT2D eigenvalue weighted by Crippen LogP contribution is -2.47. The molecule has 1 fully saturated rings. The molecule has 0 aliphatic heterocycles. The predicted molar refractivity (Wildman–Crippen MR) is 93.8 cm³/mol. The average Bonchev–Trinajstić information content (AvgIpc) is 3.44. The Labute approximate surface area is 151 Å². The van der Waals surface area contributed by atoms with Crippen molar-refractivity contribution >= 4 is 5.78 Å². The van der Waals surface area contributed by atoms with E-state index in [1.807, 2.05) is 54.6 Å². The highest BCUT2D eigenvalue weighted by Crippen LogP contribution is 2.74. The molecule has 3 heteroatoms. The lowest BCUT2D eigenvalue weighted by Gasteiger charge is -2.44. The van der Waals surface area contributed by atoms with Gasteiger partial charge in [0.25, 0.3) is 0 Å². The van der Waals surface area contributed by atoms with E-state index < -0.39 is 16.7 Å². The standard InChI is InChI=1S/C23H14N2O/c24-11-22-14-5-1-3-7-16(14)23(12-25,17-8-4-2-6-15(17)22)21-18(26)10-9-13-19(21)20(13)22/h1-10,13,19-21H/t13-,19+,20-,21+,22?,23?/m1/s1. The molecule has 0 N–H and O–H groups in total. The Kier molecular flexibility index (Phi) is 2.24. The van der Waals surface area contributed by atoms with Gasteiger partial charge in [-0.1, -0.05) is 54.6 Å². The number of ketones is 1. The minimum absolute atomic E-state index is 0.0237. The van der Waals surface area contributed by atoms with Crippen LogP contribution in [0, 0.1) is 46.3 Å². The van der Waals surface area contributed by atoms with Crippen LogP contribution in [0.4, 0.5) is 0 Å². The third-order valence-electron chi connectivity index (χ3n) is 7.18. The minimum atomic E-state index is -1.01. The van der Waals surface area contributed by atoms with E-state index in [-0.39, 0.29) is 23.5 Å². The molecular weight excluding hydrogens is 320 g/mol. The average molecular weight is 334 g/mol. The fraction of sp³-hybridized carbons (Fsp3) is 0.261. The molecule has 26 heavy (non-hydrogen) atoms. The number of hydrogen-bond acceptors (Lipinski definition) is 3. The maximum atomic E-state index is 13.0. The Morgan fingerprint density at radius 2 is 1.31 bits per heavy atom. The van der Waals surface area contributed by atoms with Crippen LogP contribution in [0.15, 0.2) is 60.7 Å². The Hall–Kier alpha value is -3.17. The van der Waals surface area contributed by atoms with Gasteiger partial charge in [0, 0.05) is 0 Å². The second-order valence-electron chi connectivity index (χ2n) is 7.85. The molecular formula is C23H14N2O. The summed E-state index contributed by atoms with van der Waals surface area (Å²) >= 11 is 0. The molecule has 2 aromatic carbocycles. The third kappa shape index (κ3) is 1.17. The SMILES string of the molecule is N#CC12c3ccccc3C(C#N)(c3ccccc31)[C@H]1C(=O)C=C[C@@H]3[C@H]1[C@@H]32. The van der Waals surface area contributed by atoms with Gasteiger partial charge >= 0.3 is 0 Å². The van der Waals surface area contributed by atoms with Gasteiger partial charge in [0.2, 0.25) is 0 Å². The number of benzene rings is 2. The molecule has 5 aliphatic rings. The van der Waals surface area contributed by atoms with Gasteiger partial charge in [-0.25, -0.2) is 0 Å². The van der Waals surface area contributed by atoms with E-state index >= 15 is 0 Å². The van der Waals surface area contributed by atoms with Crippen molar-refractivity contribution in [1.29, 1.82) is 10.5 Å². The van der Waals surface area contributed by atoms with Crippen LogP contribution in [0.25, 0.3) is 0 Å². The summed E-state index contributed by atoms with van der Waals surface area (Å²) in [6.07, 6.45) is 3.63. The molecule has 5 aliphatic carbocycles. The maximum Gasteiger partial charge on any atom is 0.161 e. The van der Waals surface area contributed by atoms with Crippen molar-refractivity contribution in [2.45, 2.75) is 10.8 Å². The number of hydrogen-bond donors (Lipinski definition) is 0. The van der Waals surface area contributed by atoms with Crippen LogP contribution >= 0.6 is 0 Å². The maximum absolute atomic E-state index is 13.0. The van der Waals surface area contributed by atoms with Crippen molar-refractivity contribution < 1.29 is 4.79 Å². The number of nitrogens with zero attached hydrogens (tertiary/aromatic N) is 2. The molecule has 0 amide bonds. The Bertz CT molecular complexity index is 1080. The van der Waals surface area contributed by atoms with Gasteiger partial charge in [-0.2, -0.15) is 10.5 Å². The molecule has 0 heterocycles. The number of nitriles is 2. The van der Waals surface area contributed by atoms with E-state index in [1.165, 1.54) is 0 Å². The molecule has 7 rings (SSSR count). The number of carbonyl (C=O) groups is 1. The first-order valence-electron chi connectivity index (χ1n) is 8.96. The highest BCUT2D eigenvalue weighted by Gasteiger charge is 2.76. The van der Waals surface area contributed by atoms with Gasteiger partial charge in [-0.3, -0.25) is 4.79 Å². The first-order chi connectivity index (χ1) is 12.7. The van der Waals surface area contributed by atoms with Crippen molar-refractivity contribution in [1.82, 2.24) is 0 Å². The third-order valence-corrected chi connectivity index (χ3v) is 7.18. The van der Waals surface area contributed by atoms with Crippen LogP contribution in [0.1, 0.15) is 22.3 Å². The summed E-state index contributed by atoms with van der Waals surface area (Å²) in [5.41, 5.74) is 1.75. The molecule has 0 aromatic heterocycles. The minimum Gasteiger partial charge on any atom is -0.294 e. The predicted octanol–water partition coefficient (Wildman–Crippen LogP) is 3.25. The zero-order chi connectivity index (χ0) is 17.7. The zero-order valence-electron chi connectivity index (χ0n) is 13.9. The van der Waals surface area contributed by atoms with E-state index in [0.29, 0.717) is 0 Å². The molecule has 2 bridgehead atoms. The summed E-state index contributed by atoms with van der Waals surface area (Å²) in [7, 11) is 0. The Balaban J connectivity index is 1.88. The molecule has 2 aromatic rings. The number of allylic oxidation sites excluding steroid dienone is 2. The molecule has 4 atom stereocenters. The van der Waals surface area contributed by atoms with Crippen LogP contribution < -0.4 is 0 Å². The van der Waals surface area contributed by atoms with E-state index in [0.717, 1.165) is 22.3 Å². The van der Waals surface area contributed by atoms with Crippen LogP contribution in [-0.4, -0.2) is 5.78 Å². The largest absolute Gasteiger partial charge is 0.294 e. The van der Waals surface area contributed by atoms with Crippen LogP contribution in [0.3, 0.4) is 0 Å². The lowest BCUT2D eigenvalue weighted by molar-refractivity contribution is -0.120. The Morgan fingerprint density at radius 1 is 0.808 bits per heavy atom. The number of rotatable bonds is 0. The van der Waals surface area contributed by atoms with E-state index in [9.17, 15) is 15.3 Å². The fourth-order valence-electron chi connectivity index (χ4n) is 6.33. The zero-order valence-corrected chi connectivity index (χ0v) is 13.9. The van der Waals surface area contributed by atoms with Crippen LogP contribution in [-0.2, 0) is 15.6 Å². The Morgan fingerprint density at radius 3 is 1.81 bits per heavy atom. The summed E-state index contributed by atoms with van der Waals surface area (Å²) in [6.45, 7) is 0. The van der Waals surface area contributed by atoms with Gasteiger partial charge in [-0.15, -0.1) is 0 Å². The summed E-state index contributed by atoms with van der Waals surface area (Å²) in [6, 6.07) is 20.8. The monoisotopic (exact) mass is 334 g/mol. The summed E-state index contributed by atoms with van der Waals surface area (Å²) < 4.78 is 0. The van der Waals surface area contributed by atoms with Crippen molar-refractivity contribution in [2.75, 3.05) is 0 Å². The molecule has 0 unspecified atom stereocenters. The van der Waals surface area contributed by atoms with Gasteiger partial charge < -0.3 is 0 Å². The molecule has 0 radical (unpaired) electrons. The van der Waals surface area contributed by atoms with Gasteiger partial charge in [0.1, 0.15) is 10.8 Å². The second-order valence-corrected chi connectivity index (χ2v) is 7.85. The van der Waals surface area contributed by atoms with E-state index in [4.69, 9.17) is 0 Å². The number of carbonyl (C=O) groups excluding carboxylic acids is 1. The first kappa shape index (κ1) is 14.0. The van der Waals surface area contributed by atoms with E-state index in [2.05, 4.69) is 12.1 Å². The molecule has 3 nitrogen and oxygen atoms in total. The normalized spacial score (nSPS) is 39.7. The fourth-order valence-corrected chi connectivity index (χ4v) is 6.33. The van der Waals surface area contributed by atoms with Crippen molar-refractivity contribution in [3.8, 4) is 12.1 Å². The smallest absolute Gasteiger partial charge is 0.161 e. The molecule has 0 saturated heterocycles. The highest BCUT2D eigenvalue weighted by molar-refractivity contribution is 5.97. The summed E-state index contributed by atoms with van der Waals surface area (Å²) in [5, 5.41) is 21.0. The quantitative estimate of drug-likeness (QED) is 0.743. The topological polar surface area (TPSA) is 64.7 Å². The first-order valence-corrected chi connectivity index (χ1v) is 8.96. The summed E-state index contributed by atoms with van der Waals surface area (Å²) in [5.74, 6) is -0.0679. The van der Waals surface area contributed by atoms with Crippen LogP contribution in [0.5, 0.6) is 0 Å². The van der Waals surface area contributed by atoms with Crippen LogP contribution in [0.2, 0.25) is 0 Å². The lowest BCUT2D eigenvalue weighted by atomic mass is 9.54. The van der Waals surface area contributed by atoms with Crippen molar-refractivity contribution in [2.24, 2.45) is 23.7 Å².